The van der Waals surface area contributed by atoms with Crippen LogP contribution in [0.15, 0.2) is 18.2 Å². The van der Waals surface area contributed by atoms with Crippen LogP contribution in [0.4, 0.5) is 5.69 Å². The molecule has 0 aliphatic heterocycles. The number of nitrogens with one attached hydrogen (secondary N) is 1. The van der Waals surface area contributed by atoms with Crippen molar-refractivity contribution in [2.45, 2.75) is 52.1 Å². The zero-order chi connectivity index (χ0) is 20.0. The summed E-state index contributed by atoms with van der Waals surface area (Å²) in [6, 6.07) is 5.01. The summed E-state index contributed by atoms with van der Waals surface area (Å²) in [5.41, 5.74) is -0.0120. The lowest BCUT2D eigenvalue weighted by molar-refractivity contribution is -0.143. The van der Waals surface area contributed by atoms with Crippen molar-refractivity contribution in [3.63, 3.8) is 0 Å². The van der Waals surface area contributed by atoms with E-state index in [1.807, 2.05) is 13.8 Å². The van der Waals surface area contributed by atoms with E-state index in [-0.39, 0.29) is 5.91 Å². The van der Waals surface area contributed by atoms with E-state index in [4.69, 9.17) is 14.2 Å². The first-order valence-electron chi connectivity index (χ1n) is 9.53. The first-order chi connectivity index (χ1) is 12.8. The summed E-state index contributed by atoms with van der Waals surface area (Å²) in [7, 11) is 2.91. The Hall–Kier alpha value is -2.08. The number of carbonyl (C=O) groups is 2. The molecular formula is C21H31NO5. The molecule has 150 valence electrons. The molecule has 0 spiro atoms. The quantitative estimate of drug-likeness (QED) is 0.726. The Kier molecular flexibility index (Phi) is 7.25. The van der Waals surface area contributed by atoms with Crippen LogP contribution in [0.25, 0.3) is 0 Å². The number of ether oxygens (including phenoxy) is 3. The molecule has 0 heterocycles. The van der Waals surface area contributed by atoms with E-state index < -0.39 is 11.6 Å². The summed E-state index contributed by atoms with van der Waals surface area (Å²) >= 11 is 0. The standard InChI is InChI=1S/C21H31NO5/c1-14(2)13-27-18-9-8-16(11-17(18)19(23)25-4)22-20(24)21(26-5)10-6-7-15(3)12-21/h8-9,11,14-15H,6-7,10,12-13H2,1-5H3,(H,22,24)/t15-,21+/m1/s1. The second-order valence-electron chi connectivity index (χ2n) is 7.76. The monoisotopic (exact) mass is 377 g/mol. The fourth-order valence-electron chi connectivity index (χ4n) is 3.49. The Bertz CT molecular complexity index is 673. The maximum absolute atomic E-state index is 12.9. The van der Waals surface area contributed by atoms with Gasteiger partial charge in [-0.3, -0.25) is 4.79 Å². The summed E-state index contributed by atoms with van der Waals surface area (Å²) in [6.07, 6.45) is 3.44. The first kappa shape index (κ1) is 21.2. The second-order valence-corrected chi connectivity index (χ2v) is 7.76. The lowest BCUT2D eigenvalue weighted by Gasteiger charge is -2.37. The normalized spacial score (nSPS) is 22.4. The Morgan fingerprint density at radius 2 is 2.04 bits per heavy atom. The smallest absolute Gasteiger partial charge is 0.341 e. The van der Waals surface area contributed by atoms with Gasteiger partial charge < -0.3 is 19.5 Å². The molecule has 2 atom stereocenters. The number of benzene rings is 1. The Balaban J connectivity index is 2.22. The second kappa shape index (κ2) is 9.22. The minimum Gasteiger partial charge on any atom is -0.492 e. The number of anilines is 1. The summed E-state index contributed by atoms with van der Waals surface area (Å²) in [5.74, 6) is 0.522. The Morgan fingerprint density at radius 3 is 2.63 bits per heavy atom. The molecule has 1 aliphatic carbocycles. The van der Waals surface area contributed by atoms with Gasteiger partial charge in [0.25, 0.3) is 5.91 Å². The molecular weight excluding hydrogens is 346 g/mol. The highest BCUT2D eigenvalue weighted by atomic mass is 16.5. The average Bonchev–Trinajstić information content (AvgIpc) is 2.65. The van der Waals surface area contributed by atoms with E-state index in [0.717, 1.165) is 12.8 Å². The van der Waals surface area contributed by atoms with E-state index >= 15 is 0 Å². The number of carbonyl (C=O) groups excluding carboxylic acids is 2. The van der Waals surface area contributed by atoms with E-state index in [1.54, 1.807) is 25.3 Å². The van der Waals surface area contributed by atoms with Crippen molar-refractivity contribution in [1.82, 2.24) is 0 Å². The van der Waals surface area contributed by atoms with Crippen molar-refractivity contribution in [3.8, 4) is 5.75 Å². The van der Waals surface area contributed by atoms with Gasteiger partial charge in [-0.1, -0.05) is 27.2 Å². The number of amides is 1. The summed E-state index contributed by atoms with van der Waals surface area (Å²) < 4.78 is 16.2. The number of rotatable bonds is 7. The third-order valence-corrected chi connectivity index (χ3v) is 4.98. The van der Waals surface area contributed by atoms with Gasteiger partial charge in [0, 0.05) is 12.8 Å². The third kappa shape index (κ3) is 5.22. The molecule has 1 aromatic carbocycles. The number of hydrogen-bond acceptors (Lipinski definition) is 5. The molecule has 6 heteroatoms. The average molecular weight is 377 g/mol. The molecule has 0 radical (unpaired) electrons. The van der Waals surface area contributed by atoms with Crippen LogP contribution in [0.1, 0.15) is 56.8 Å². The lowest BCUT2D eigenvalue weighted by Crippen LogP contribution is -2.47. The van der Waals surface area contributed by atoms with Crippen molar-refractivity contribution >= 4 is 17.6 Å². The lowest BCUT2D eigenvalue weighted by atomic mass is 9.78. The highest BCUT2D eigenvalue weighted by molar-refractivity contribution is 5.99. The van der Waals surface area contributed by atoms with Gasteiger partial charge in [0.05, 0.1) is 13.7 Å². The summed E-state index contributed by atoms with van der Waals surface area (Å²) in [6.45, 7) is 6.68. The highest BCUT2D eigenvalue weighted by Crippen LogP contribution is 2.36. The van der Waals surface area contributed by atoms with Gasteiger partial charge in [0.1, 0.15) is 16.9 Å². The molecule has 0 aromatic heterocycles. The van der Waals surface area contributed by atoms with E-state index in [1.165, 1.54) is 7.11 Å². The van der Waals surface area contributed by atoms with Crippen LogP contribution >= 0.6 is 0 Å². The van der Waals surface area contributed by atoms with E-state index in [0.29, 0.717) is 48.3 Å². The topological polar surface area (TPSA) is 73.9 Å². The van der Waals surface area contributed by atoms with Crippen molar-refractivity contribution in [1.29, 1.82) is 0 Å². The summed E-state index contributed by atoms with van der Waals surface area (Å²) in [4.78, 5) is 25.1. The maximum atomic E-state index is 12.9. The van der Waals surface area contributed by atoms with Crippen molar-refractivity contribution in [2.75, 3.05) is 26.1 Å². The molecule has 1 fully saturated rings. The van der Waals surface area contributed by atoms with Gasteiger partial charge in [0.15, 0.2) is 0 Å². The van der Waals surface area contributed by atoms with E-state index in [2.05, 4.69) is 12.2 Å². The van der Waals surface area contributed by atoms with Gasteiger partial charge in [-0.15, -0.1) is 0 Å². The molecule has 0 bridgehead atoms. The fraction of sp³-hybridized carbons (Fsp3) is 0.619. The molecule has 1 N–H and O–H groups in total. The minimum absolute atomic E-state index is 0.178. The molecule has 1 aromatic rings. The van der Waals surface area contributed by atoms with Crippen LogP contribution in [0.2, 0.25) is 0 Å². The molecule has 1 amide bonds. The highest BCUT2D eigenvalue weighted by Gasteiger charge is 2.42. The van der Waals surface area contributed by atoms with Crippen LogP contribution in [0.3, 0.4) is 0 Å². The fourth-order valence-corrected chi connectivity index (χ4v) is 3.49. The van der Waals surface area contributed by atoms with Crippen LogP contribution in [0.5, 0.6) is 5.75 Å². The van der Waals surface area contributed by atoms with Crippen LogP contribution in [0, 0.1) is 11.8 Å². The molecule has 6 nitrogen and oxygen atoms in total. The van der Waals surface area contributed by atoms with Crippen molar-refractivity contribution < 1.29 is 23.8 Å². The predicted molar refractivity (Wildman–Crippen MR) is 104 cm³/mol. The third-order valence-electron chi connectivity index (χ3n) is 4.98. The van der Waals surface area contributed by atoms with Crippen LogP contribution in [-0.2, 0) is 14.3 Å². The van der Waals surface area contributed by atoms with Crippen LogP contribution < -0.4 is 10.1 Å². The molecule has 0 unspecified atom stereocenters. The molecule has 27 heavy (non-hydrogen) atoms. The SMILES string of the molecule is COC(=O)c1cc(NC(=O)[C@]2(OC)CCC[C@@H](C)C2)ccc1OCC(C)C. The van der Waals surface area contributed by atoms with Crippen molar-refractivity contribution in [2.24, 2.45) is 11.8 Å². The van der Waals surface area contributed by atoms with E-state index in [9.17, 15) is 9.59 Å². The molecule has 0 saturated heterocycles. The van der Waals surface area contributed by atoms with Gasteiger partial charge >= 0.3 is 5.97 Å². The van der Waals surface area contributed by atoms with Gasteiger partial charge in [-0.2, -0.15) is 0 Å². The van der Waals surface area contributed by atoms with Crippen molar-refractivity contribution in [3.05, 3.63) is 23.8 Å². The number of hydrogen-bond donors (Lipinski definition) is 1. The number of methoxy groups -OCH3 is 2. The zero-order valence-corrected chi connectivity index (χ0v) is 17.0. The Labute approximate surface area is 161 Å². The number of esters is 1. The molecule has 2 rings (SSSR count). The minimum atomic E-state index is -0.824. The molecule has 1 saturated carbocycles. The molecule has 1 aliphatic rings. The maximum Gasteiger partial charge on any atom is 0.341 e. The van der Waals surface area contributed by atoms with Gasteiger partial charge in [-0.05, 0) is 49.3 Å². The first-order valence-corrected chi connectivity index (χ1v) is 9.53. The summed E-state index contributed by atoms with van der Waals surface area (Å²) in [5, 5.41) is 2.91. The Morgan fingerprint density at radius 1 is 1.30 bits per heavy atom. The largest absolute Gasteiger partial charge is 0.492 e. The zero-order valence-electron chi connectivity index (χ0n) is 17.0. The predicted octanol–water partition coefficient (Wildman–Crippen LogP) is 4.04. The van der Waals surface area contributed by atoms with Gasteiger partial charge in [-0.25, -0.2) is 4.79 Å². The van der Waals surface area contributed by atoms with Crippen LogP contribution in [-0.4, -0.2) is 38.3 Å². The van der Waals surface area contributed by atoms with Gasteiger partial charge in [0.2, 0.25) is 0 Å².